The number of hydrogen-bond acceptors (Lipinski definition) is 8. The van der Waals surface area contributed by atoms with Gasteiger partial charge < -0.3 is 19.7 Å². The first-order chi connectivity index (χ1) is 13.6. The largest absolute Gasteiger partial charge is 0.379 e. The number of carbonyl (C=O) groups is 1. The molecule has 0 bridgehead atoms. The van der Waals surface area contributed by atoms with Crippen molar-refractivity contribution in [2.45, 2.75) is 19.4 Å². The number of aromatic nitrogens is 2. The van der Waals surface area contributed by atoms with E-state index in [-0.39, 0.29) is 11.9 Å². The summed E-state index contributed by atoms with van der Waals surface area (Å²) in [5.74, 6) is 0.841. The van der Waals surface area contributed by atoms with E-state index in [0.717, 1.165) is 78.9 Å². The first kappa shape index (κ1) is 19.5. The Morgan fingerprint density at radius 1 is 1.32 bits per heavy atom. The quantitative estimate of drug-likeness (QED) is 0.782. The second-order valence-electron chi connectivity index (χ2n) is 7.27. The van der Waals surface area contributed by atoms with Gasteiger partial charge >= 0.3 is 0 Å². The van der Waals surface area contributed by atoms with Crippen molar-refractivity contribution in [3.05, 3.63) is 16.8 Å². The average molecular weight is 406 g/mol. The van der Waals surface area contributed by atoms with Crippen LogP contribution >= 0.6 is 11.3 Å². The molecule has 1 unspecified atom stereocenters. The first-order valence-corrected chi connectivity index (χ1v) is 10.6. The van der Waals surface area contributed by atoms with Crippen LogP contribution in [0.4, 0.5) is 5.82 Å². The monoisotopic (exact) mass is 405 g/mol. The number of carbonyl (C=O) groups excluding carboxylic acids is 1. The number of fused-ring (bicyclic) bond motifs is 1. The van der Waals surface area contributed by atoms with Gasteiger partial charge in [-0.05, 0) is 18.9 Å². The van der Waals surface area contributed by atoms with Crippen molar-refractivity contribution in [1.29, 1.82) is 0 Å². The second kappa shape index (κ2) is 8.69. The molecule has 1 amide bonds. The van der Waals surface area contributed by atoms with E-state index < -0.39 is 0 Å². The van der Waals surface area contributed by atoms with Gasteiger partial charge in [-0.2, -0.15) is 0 Å². The Hall–Kier alpha value is -1.81. The number of nitrogens with one attached hydrogen (secondary N) is 1. The maximum atomic E-state index is 13.0. The van der Waals surface area contributed by atoms with Crippen LogP contribution in [0.25, 0.3) is 10.2 Å². The first-order valence-electron chi connectivity index (χ1n) is 9.78. The van der Waals surface area contributed by atoms with Gasteiger partial charge in [-0.3, -0.25) is 9.69 Å². The minimum atomic E-state index is 0.0373. The molecule has 2 aromatic heterocycles. The van der Waals surface area contributed by atoms with Gasteiger partial charge in [-0.25, -0.2) is 9.97 Å². The van der Waals surface area contributed by atoms with E-state index >= 15 is 0 Å². The van der Waals surface area contributed by atoms with Crippen LogP contribution in [0.1, 0.15) is 21.7 Å². The Morgan fingerprint density at radius 2 is 2.14 bits per heavy atom. The molecule has 2 aliphatic rings. The molecule has 152 valence electrons. The minimum Gasteiger partial charge on any atom is -0.379 e. The number of hydrogen-bond donors (Lipinski definition) is 1. The number of nitrogens with zero attached hydrogens (tertiary/aromatic N) is 4. The molecule has 8 nitrogen and oxygen atoms in total. The summed E-state index contributed by atoms with van der Waals surface area (Å²) in [5, 5.41) is 4.39. The number of rotatable bonds is 6. The van der Waals surface area contributed by atoms with Gasteiger partial charge in [0.25, 0.3) is 5.91 Å². The summed E-state index contributed by atoms with van der Waals surface area (Å²) in [6.45, 7) is 8.58. The average Bonchev–Trinajstić information content (AvgIpc) is 3.37. The van der Waals surface area contributed by atoms with Gasteiger partial charge in [-0.1, -0.05) is 0 Å². The Morgan fingerprint density at radius 3 is 2.89 bits per heavy atom. The van der Waals surface area contributed by atoms with Crippen LogP contribution in [0.3, 0.4) is 0 Å². The number of ether oxygens (including phenoxy) is 2. The molecule has 2 fully saturated rings. The predicted molar refractivity (Wildman–Crippen MR) is 109 cm³/mol. The highest BCUT2D eigenvalue weighted by molar-refractivity contribution is 7.20. The van der Waals surface area contributed by atoms with Gasteiger partial charge in [0.15, 0.2) is 0 Å². The number of amides is 1. The zero-order valence-corrected chi connectivity index (χ0v) is 17.3. The number of morpholine rings is 1. The Labute approximate surface area is 168 Å². The van der Waals surface area contributed by atoms with Crippen molar-refractivity contribution in [1.82, 2.24) is 19.8 Å². The molecule has 28 heavy (non-hydrogen) atoms. The summed E-state index contributed by atoms with van der Waals surface area (Å²) in [6, 6.07) is 0.148. The highest BCUT2D eigenvalue weighted by Gasteiger charge is 2.28. The summed E-state index contributed by atoms with van der Waals surface area (Å²) in [6.07, 6.45) is 2.46. The van der Waals surface area contributed by atoms with E-state index in [9.17, 15) is 4.79 Å². The molecule has 0 radical (unpaired) electrons. The summed E-state index contributed by atoms with van der Waals surface area (Å²) < 4.78 is 10.8. The van der Waals surface area contributed by atoms with E-state index in [2.05, 4.69) is 20.2 Å². The number of likely N-dealkylation sites (N-methyl/N-ethyl adjacent to an activating group) is 1. The van der Waals surface area contributed by atoms with E-state index in [4.69, 9.17) is 9.47 Å². The molecule has 1 N–H and O–H groups in total. The highest BCUT2D eigenvalue weighted by Crippen LogP contribution is 2.34. The van der Waals surface area contributed by atoms with Crippen LogP contribution in [-0.4, -0.2) is 91.4 Å². The Balaban J connectivity index is 1.50. The molecule has 0 saturated carbocycles. The van der Waals surface area contributed by atoms with Crippen LogP contribution in [0.2, 0.25) is 0 Å². The highest BCUT2D eigenvalue weighted by atomic mass is 32.1. The van der Waals surface area contributed by atoms with Crippen molar-refractivity contribution in [3.63, 3.8) is 0 Å². The third-order valence-corrected chi connectivity index (χ3v) is 6.71. The number of aryl methyl sites for hydroxylation is 1. The van der Waals surface area contributed by atoms with E-state index in [1.54, 1.807) is 6.33 Å². The topological polar surface area (TPSA) is 79.8 Å². The standard InChI is InChI=1S/C19H27N5O3S/c1-13-15-17(20-4-5-24-6-9-26-10-7-24)21-12-22-18(15)28-16(13)19(25)23(2)14-3-8-27-11-14/h12,14H,3-11H2,1-2H3,(H,20,21,22). The van der Waals surface area contributed by atoms with Crippen LogP contribution < -0.4 is 5.32 Å². The van der Waals surface area contributed by atoms with E-state index in [1.807, 2.05) is 18.9 Å². The molecule has 1 atom stereocenters. The van der Waals surface area contributed by atoms with Gasteiger partial charge in [0.05, 0.1) is 36.1 Å². The maximum absolute atomic E-state index is 13.0. The molecule has 9 heteroatoms. The summed E-state index contributed by atoms with van der Waals surface area (Å²) in [4.78, 5) is 27.7. The van der Waals surface area contributed by atoms with Gasteiger partial charge in [0.1, 0.15) is 17.0 Å². The molecular weight excluding hydrogens is 378 g/mol. The maximum Gasteiger partial charge on any atom is 0.264 e. The van der Waals surface area contributed by atoms with Gasteiger partial charge in [0, 0.05) is 39.8 Å². The third kappa shape index (κ3) is 3.98. The normalized spacial score (nSPS) is 20.6. The van der Waals surface area contributed by atoms with Crippen molar-refractivity contribution in [2.24, 2.45) is 0 Å². The lowest BCUT2D eigenvalue weighted by Crippen LogP contribution is -2.39. The summed E-state index contributed by atoms with van der Waals surface area (Å²) in [7, 11) is 1.86. The SMILES string of the molecule is Cc1c(C(=O)N(C)C2CCOC2)sc2ncnc(NCCN3CCOCC3)c12. The van der Waals surface area contributed by atoms with Crippen molar-refractivity contribution >= 4 is 33.3 Å². The molecule has 0 aromatic carbocycles. The molecule has 2 saturated heterocycles. The van der Waals surface area contributed by atoms with Gasteiger partial charge in [0.2, 0.25) is 0 Å². The van der Waals surface area contributed by atoms with Gasteiger partial charge in [-0.15, -0.1) is 11.3 Å². The molecule has 4 rings (SSSR count). The second-order valence-corrected chi connectivity index (χ2v) is 8.27. The molecule has 4 heterocycles. The molecular formula is C19H27N5O3S. The molecule has 2 aliphatic heterocycles. The number of thiophene rings is 1. The van der Waals surface area contributed by atoms with Crippen molar-refractivity contribution in [3.8, 4) is 0 Å². The van der Waals surface area contributed by atoms with Crippen molar-refractivity contribution in [2.75, 3.05) is 65.0 Å². The smallest absolute Gasteiger partial charge is 0.264 e. The summed E-state index contributed by atoms with van der Waals surface area (Å²) >= 11 is 1.44. The lowest BCUT2D eigenvalue weighted by Gasteiger charge is -2.26. The fraction of sp³-hybridized carbons (Fsp3) is 0.632. The number of anilines is 1. The Kier molecular flexibility index (Phi) is 6.05. The Bertz CT molecular complexity index is 830. The lowest BCUT2D eigenvalue weighted by atomic mass is 10.1. The fourth-order valence-corrected chi connectivity index (χ4v) is 4.85. The van der Waals surface area contributed by atoms with E-state index in [0.29, 0.717) is 6.61 Å². The zero-order chi connectivity index (χ0) is 19.5. The molecule has 0 spiro atoms. The predicted octanol–water partition coefficient (Wildman–Crippen LogP) is 1.60. The minimum absolute atomic E-state index is 0.0373. The van der Waals surface area contributed by atoms with Crippen LogP contribution in [0.5, 0.6) is 0 Å². The molecule has 2 aromatic rings. The van der Waals surface area contributed by atoms with E-state index in [1.165, 1.54) is 11.3 Å². The molecule has 0 aliphatic carbocycles. The van der Waals surface area contributed by atoms with Crippen molar-refractivity contribution < 1.29 is 14.3 Å². The van der Waals surface area contributed by atoms with Crippen LogP contribution in [0, 0.1) is 6.92 Å². The zero-order valence-electron chi connectivity index (χ0n) is 16.4. The third-order valence-electron chi connectivity index (χ3n) is 5.52. The fourth-order valence-electron chi connectivity index (χ4n) is 3.72. The van der Waals surface area contributed by atoms with Crippen LogP contribution in [-0.2, 0) is 9.47 Å². The lowest BCUT2D eigenvalue weighted by molar-refractivity contribution is 0.0398. The van der Waals surface area contributed by atoms with Crippen LogP contribution in [0.15, 0.2) is 6.33 Å². The summed E-state index contributed by atoms with van der Waals surface area (Å²) in [5.41, 5.74) is 0.949.